The molecule has 3 N–H and O–H groups in total. The average Bonchev–Trinajstić information content (AvgIpc) is 3.43. The number of nitrogens with zero attached hydrogens (tertiary/aromatic N) is 4. The van der Waals surface area contributed by atoms with Gasteiger partial charge in [-0.1, -0.05) is 59.7 Å². The molecular weight excluding hydrogens is 582 g/mol. The second kappa shape index (κ2) is 14.5. The number of hydrogen-bond acceptors (Lipinski definition) is 7. The van der Waals surface area contributed by atoms with Gasteiger partial charge in [-0.25, -0.2) is 19.2 Å². The van der Waals surface area contributed by atoms with Crippen LogP contribution in [-0.2, 0) is 22.5 Å². The quantitative estimate of drug-likeness (QED) is 0.0559. The van der Waals surface area contributed by atoms with Crippen molar-refractivity contribution in [2.45, 2.75) is 31.0 Å². The van der Waals surface area contributed by atoms with E-state index in [0.717, 1.165) is 18.2 Å². The Labute approximate surface area is 257 Å². The number of nitrogens with one attached hydrogen (secondary N) is 2. The number of ether oxygens (including phenoxy) is 2. The predicted octanol–water partition coefficient (Wildman–Crippen LogP) is 5.99. The van der Waals surface area contributed by atoms with Gasteiger partial charge in [-0.15, -0.1) is 0 Å². The maximum absolute atomic E-state index is 14.3. The zero-order valence-electron chi connectivity index (χ0n) is 24.1. The first kappa shape index (κ1) is 31.1. The van der Waals surface area contributed by atoms with E-state index in [0.29, 0.717) is 41.2 Å². The van der Waals surface area contributed by atoms with Gasteiger partial charge < -0.3 is 14.6 Å². The largest absolute Gasteiger partial charge is 0.494 e. The molecule has 0 saturated heterocycles. The molecule has 45 heavy (non-hydrogen) atoms. The van der Waals surface area contributed by atoms with E-state index in [1.54, 1.807) is 48.5 Å². The van der Waals surface area contributed by atoms with Crippen LogP contribution < -0.4 is 15.6 Å². The SMILES string of the molecule is [N-]=[N+]=Nc1ccccc1C[C@]1(C(=O)NNCc2cc(F)cc(F)c2)N=C(c2ccc(OCCCO)cc2)O[C@H]1c1ccccc1. The maximum atomic E-state index is 14.3. The molecule has 1 amide bonds. The minimum absolute atomic E-state index is 0.0181. The fourth-order valence-corrected chi connectivity index (χ4v) is 5.05. The highest BCUT2D eigenvalue weighted by atomic mass is 19.1. The van der Waals surface area contributed by atoms with Gasteiger partial charge in [0.15, 0.2) is 11.6 Å². The number of amides is 1. The molecule has 0 bridgehead atoms. The monoisotopic (exact) mass is 612 g/mol. The molecule has 10 nitrogen and oxygen atoms in total. The van der Waals surface area contributed by atoms with Crippen molar-refractivity contribution < 1.29 is 28.2 Å². The molecule has 0 radical (unpaired) electrons. The van der Waals surface area contributed by atoms with Gasteiger partial charge in [0.05, 0.1) is 6.61 Å². The van der Waals surface area contributed by atoms with Crippen LogP contribution >= 0.6 is 0 Å². The van der Waals surface area contributed by atoms with Crippen LogP contribution in [0.15, 0.2) is 107 Å². The van der Waals surface area contributed by atoms with Gasteiger partial charge in [0.2, 0.25) is 5.90 Å². The topological polar surface area (TPSA) is 141 Å². The first-order valence-corrected chi connectivity index (χ1v) is 14.2. The van der Waals surface area contributed by atoms with Crippen molar-refractivity contribution in [2.24, 2.45) is 10.1 Å². The molecule has 0 fully saturated rings. The lowest BCUT2D eigenvalue weighted by atomic mass is 9.81. The van der Waals surface area contributed by atoms with E-state index in [-0.39, 0.29) is 31.0 Å². The third kappa shape index (κ3) is 7.44. The molecule has 1 aliphatic heterocycles. The Morgan fingerprint density at radius 3 is 2.44 bits per heavy atom. The Hall–Kier alpha value is -5.29. The van der Waals surface area contributed by atoms with Crippen LogP contribution in [0.1, 0.15) is 34.8 Å². The number of rotatable bonds is 13. The van der Waals surface area contributed by atoms with E-state index in [2.05, 4.69) is 20.9 Å². The first-order chi connectivity index (χ1) is 21.9. The molecule has 12 heteroatoms. The van der Waals surface area contributed by atoms with E-state index in [1.807, 2.05) is 30.3 Å². The summed E-state index contributed by atoms with van der Waals surface area (Å²) >= 11 is 0. The molecule has 4 aromatic carbocycles. The number of benzene rings is 4. The van der Waals surface area contributed by atoms with Crippen molar-refractivity contribution in [3.8, 4) is 5.75 Å². The fourth-order valence-electron chi connectivity index (χ4n) is 5.05. The van der Waals surface area contributed by atoms with Crippen molar-refractivity contribution in [1.82, 2.24) is 10.9 Å². The number of azide groups is 1. The van der Waals surface area contributed by atoms with Crippen LogP contribution in [0.3, 0.4) is 0 Å². The predicted molar refractivity (Wildman–Crippen MR) is 163 cm³/mol. The molecule has 5 rings (SSSR count). The molecular formula is C33H30F2N6O4. The molecule has 0 aliphatic carbocycles. The van der Waals surface area contributed by atoms with Crippen LogP contribution in [0.5, 0.6) is 5.75 Å². The van der Waals surface area contributed by atoms with E-state index in [1.165, 1.54) is 0 Å². The highest BCUT2D eigenvalue weighted by Crippen LogP contribution is 2.43. The summed E-state index contributed by atoms with van der Waals surface area (Å²) in [7, 11) is 0. The maximum Gasteiger partial charge on any atom is 0.266 e. The molecule has 2 atom stereocenters. The van der Waals surface area contributed by atoms with Gasteiger partial charge in [-0.3, -0.25) is 10.2 Å². The van der Waals surface area contributed by atoms with Crippen LogP contribution in [-0.4, -0.2) is 35.7 Å². The number of aliphatic hydroxyl groups is 1. The second-order valence-corrected chi connectivity index (χ2v) is 10.3. The number of halogens is 2. The average molecular weight is 613 g/mol. The number of carbonyl (C=O) groups is 1. The van der Waals surface area contributed by atoms with Gasteiger partial charge in [0, 0.05) is 48.2 Å². The number of aliphatic hydroxyl groups excluding tert-OH is 1. The van der Waals surface area contributed by atoms with Crippen molar-refractivity contribution in [1.29, 1.82) is 0 Å². The Bertz CT molecular complexity index is 1690. The van der Waals surface area contributed by atoms with E-state index < -0.39 is 29.2 Å². The number of aliphatic imine (C=N–C) groups is 1. The summed E-state index contributed by atoms with van der Waals surface area (Å²) in [6, 6.07) is 26.1. The highest BCUT2D eigenvalue weighted by molar-refractivity contribution is 6.01. The van der Waals surface area contributed by atoms with E-state index in [4.69, 9.17) is 19.6 Å². The van der Waals surface area contributed by atoms with Crippen molar-refractivity contribution in [2.75, 3.05) is 13.2 Å². The Morgan fingerprint density at radius 1 is 1.02 bits per heavy atom. The van der Waals surface area contributed by atoms with Gasteiger partial charge in [-0.2, -0.15) is 0 Å². The molecule has 230 valence electrons. The molecule has 4 aromatic rings. The third-order valence-electron chi connectivity index (χ3n) is 7.15. The van der Waals surface area contributed by atoms with Crippen LogP contribution in [0, 0.1) is 11.6 Å². The smallest absolute Gasteiger partial charge is 0.266 e. The number of hydrazine groups is 1. The Balaban J connectivity index is 1.54. The summed E-state index contributed by atoms with van der Waals surface area (Å²) in [5, 5.41) is 12.8. The van der Waals surface area contributed by atoms with Crippen molar-refractivity contribution >= 4 is 17.5 Å². The summed E-state index contributed by atoms with van der Waals surface area (Å²) in [6.07, 6.45) is -0.440. The van der Waals surface area contributed by atoms with Gasteiger partial charge in [0.25, 0.3) is 5.91 Å². The van der Waals surface area contributed by atoms with Crippen LogP contribution in [0.4, 0.5) is 14.5 Å². The number of carbonyl (C=O) groups excluding carboxylic acids is 1. The highest BCUT2D eigenvalue weighted by Gasteiger charge is 2.53. The van der Waals surface area contributed by atoms with Crippen molar-refractivity contribution in [3.63, 3.8) is 0 Å². The van der Waals surface area contributed by atoms with Crippen LogP contribution in [0.2, 0.25) is 0 Å². The molecule has 0 saturated carbocycles. The van der Waals surface area contributed by atoms with E-state index in [9.17, 15) is 19.1 Å². The summed E-state index contributed by atoms with van der Waals surface area (Å²) in [4.78, 5) is 22.1. The second-order valence-electron chi connectivity index (χ2n) is 10.3. The molecule has 0 unspecified atom stereocenters. The minimum atomic E-state index is -1.62. The van der Waals surface area contributed by atoms with Gasteiger partial charge in [0.1, 0.15) is 17.4 Å². The molecule has 0 spiro atoms. The van der Waals surface area contributed by atoms with Crippen molar-refractivity contribution in [3.05, 3.63) is 141 Å². The zero-order chi connectivity index (χ0) is 31.6. The lowest BCUT2D eigenvalue weighted by molar-refractivity contribution is -0.130. The molecule has 1 aliphatic rings. The lowest BCUT2D eigenvalue weighted by Gasteiger charge is -2.31. The summed E-state index contributed by atoms with van der Waals surface area (Å²) in [5.41, 5.74) is 15.4. The molecule has 0 aromatic heterocycles. The number of hydrogen-bond donors (Lipinski definition) is 3. The first-order valence-electron chi connectivity index (χ1n) is 14.2. The normalized spacial score (nSPS) is 17.1. The third-order valence-corrected chi connectivity index (χ3v) is 7.15. The lowest BCUT2D eigenvalue weighted by Crippen LogP contribution is -2.53. The molecule has 1 heterocycles. The zero-order valence-corrected chi connectivity index (χ0v) is 24.1. The van der Waals surface area contributed by atoms with Crippen LogP contribution in [0.25, 0.3) is 10.4 Å². The fraction of sp³-hybridized carbons (Fsp3) is 0.212. The summed E-state index contributed by atoms with van der Waals surface area (Å²) in [6.45, 7) is 0.300. The summed E-state index contributed by atoms with van der Waals surface area (Å²) in [5.74, 6) is -1.26. The Morgan fingerprint density at radius 2 is 1.73 bits per heavy atom. The van der Waals surface area contributed by atoms with Gasteiger partial charge in [-0.05, 0) is 58.6 Å². The Kier molecular flexibility index (Phi) is 10.0. The standard InChI is InChI=1S/C33H30F2N6O4/c34-26-17-22(18-27(35)19-26)21-37-40-32(43)33(20-25-9-4-5-10-29(25)39-41-36)30(23-7-2-1-3-8-23)45-31(38-33)24-11-13-28(14-12-24)44-16-6-15-42/h1-5,7-14,17-19,30,37,42H,6,15-16,20-21H2,(H,40,43)/t30-,33-/m0/s1. The minimum Gasteiger partial charge on any atom is -0.494 e. The van der Waals surface area contributed by atoms with E-state index >= 15 is 0 Å². The summed E-state index contributed by atoms with van der Waals surface area (Å²) < 4.78 is 39.6. The van der Waals surface area contributed by atoms with Gasteiger partial charge >= 0.3 is 0 Å².